The molecule has 4 N–H and O–H groups in total. The molecule has 4 rings (SSSR count). The Balaban J connectivity index is 1.54. The number of nitrogens with two attached hydrogens (primary N) is 1. The van der Waals surface area contributed by atoms with Gasteiger partial charge >= 0.3 is 0 Å². The van der Waals surface area contributed by atoms with E-state index in [1.54, 1.807) is 6.33 Å². The quantitative estimate of drug-likeness (QED) is 0.429. The Labute approximate surface area is 164 Å². The fourth-order valence-corrected chi connectivity index (χ4v) is 4.59. The van der Waals surface area contributed by atoms with E-state index in [9.17, 15) is 9.59 Å². The molecular formula is C19H21N5O3Si-. The summed E-state index contributed by atoms with van der Waals surface area (Å²) in [5, 5.41) is 0. The number of aromatic amines is 1. The van der Waals surface area contributed by atoms with Crippen molar-refractivity contribution in [2.45, 2.75) is 24.6 Å². The fraction of sp³-hybridized carbons (Fsp3) is 0.316. The van der Waals surface area contributed by atoms with Crippen LogP contribution in [0, 0.1) is 5.92 Å². The summed E-state index contributed by atoms with van der Waals surface area (Å²) in [4.78, 5) is 32.8. The molecule has 0 saturated heterocycles. The van der Waals surface area contributed by atoms with E-state index in [0.717, 1.165) is 11.1 Å². The number of fused-ring (bicyclic) bond motifs is 1. The van der Waals surface area contributed by atoms with Gasteiger partial charge in [-0.1, -0.05) is 48.9 Å². The van der Waals surface area contributed by atoms with Crippen molar-refractivity contribution in [3.05, 3.63) is 64.7 Å². The average molecular weight is 395 g/mol. The van der Waals surface area contributed by atoms with E-state index in [0.29, 0.717) is 25.3 Å². The highest BCUT2D eigenvalue weighted by atomic mass is 28.2. The minimum atomic E-state index is -0.367. The first-order chi connectivity index (χ1) is 13.6. The summed E-state index contributed by atoms with van der Waals surface area (Å²) in [5.41, 5.74) is 8.10. The maximum Gasteiger partial charge on any atom is 0.280 e. The van der Waals surface area contributed by atoms with Gasteiger partial charge in [0, 0.05) is 0 Å². The molecule has 0 bridgehead atoms. The molecule has 1 aliphatic rings. The standard InChI is InChI=1S/C19H21N5O3Si/c1-11-13(9-27-8-12-5-3-2-4-6-12)15(28-26)7-14(11)24-10-21-16-17(24)22-19(20)23-18(16)25/h2-6,10,13-15,26H,1,7-9H2,(H3,20,22,23,25)/q-1/t13-,14-,15-/m0/s1. The van der Waals surface area contributed by atoms with Crippen LogP contribution in [-0.4, -0.2) is 40.7 Å². The van der Waals surface area contributed by atoms with Gasteiger partial charge in [-0.3, -0.25) is 19.5 Å². The van der Waals surface area contributed by atoms with Crippen LogP contribution in [0.3, 0.4) is 0 Å². The number of H-pyrrole nitrogens is 1. The Morgan fingerprint density at radius 1 is 1.39 bits per heavy atom. The first-order valence-corrected chi connectivity index (χ1v) is 10.0. The molecule has 1 saturated carbocycles. The lowest BCUT2D eigenvalue weighted by Gasteiger charge is -2.26. The molecule has 2 aromatic heterocycles. The van der Waals surface area contributed by atoms with Crippen molar-refractivity contribution < 1.29 is 9.53 Å². The molecule has 1 radical (unpaired) electrons. The maximum atomic E-state index is 12.0. The van der Waals surface area contributed by atoms with Gasteiger partial charge in [0.15, 0.2) is 11.2 Å². The highest BCUT2D eigenvalue weighted by Gasteiger charge is 2.34. The highest BCUT2D eigenvalue weighted by Crippen LogP contribution is 2.47. The van der Waals surface area contributed by atoms with E-state index < -0.39 is 0 Å². The second-order valence-corrected chi connectivity index (χ2v) is 7.94. The van der Waals surface area contributed by atoms with Crippen LogP contribution in [0.1, 0.15) is 18.0 Å². The zero-order valence-corrected chi connectivity index (χ0v) is 16.2. The molecule has 145 valence electrons. The van der Waals surface area contributed by atoms with Gasteiger partial charge in [0.25, 0.3) is 5.56 Å². The molecule has 9 heteroatoms. The number of nitrogen functional groups attached to an aromatic ring is 1. The number of benzene rings is 1. The number of aromatic nitrogens is 4. The van der Waals surface area contributed by atoms with Gasteiger partial charge in [0.1, 0.15) is 0 Å². The number of rotatable bonds is 6. The topological polar surface area (TPSA) is 119 Å². The van der Waals surface area contributed by atoms with Crippen molar-refractivity contribution >= 4 is 26.9 Å². The van der Waals surface area contributed by atoms with Crippen molar-refractivity contribution in [2.24, 2.45) is 5.92 Å². The smallest absolute Gasteiger partial charge is 0.280 e. The van der Waals surface area contributed by atoms with Crippen LogP contribution >= 0.6 is 0 Å². The predicted octanol–water partition coefficient (Wildman–Crippen LogP) is 1.44. The Bertz CT molecular complexity index is 1050. The molecule has 3 atom stereocenters. The van der Waals surface area contributed by atoms with E-state index in [1.807, 2.05) is 34.9 Å². The summed E-state index contributed by atoms with van der Waals surface area (Å²) < 4.78 is 7.74. The van der Waals surface area contributed by atoms with Crippen molar-refractivity contribution in [1.29, 1.82) is 0 Å². The van der Waals surface area contributed by atoms with E-state index in [1.165, 1.54) is 0 Å². The third-order valence-corrected chi connectivity index (χ3v) is 6.20. The Hall–Kier alpha value is -2.75. The van der Waals surface area contributed by atoms with Crippen LogP contribution in [0.15, 0.2) is 53.6 Å². The van der Waals surface area contributed by atoms with Gasteiger partial charge in [-0.15, -0.1) is 0 Å². The molecule has 3 aromatic rings. The van der Waals surface area contributed by atoms with Gasteiger partial charge in [-0.05, 0) is 11.5 Å². The van der Waals surface area contributed by atoms with Crippen molar-refractivity contribution in [2.75, 3.05) is 12.3 Å². The van der Waals surface area contributed by atoms with Crippen LogP contribution in [0.5, 0.6) is 0 Å². The second-order valence-electron chi connectivity index (χ2n) is 6.94. The maximum absolute atomic E-state index is 12.0. The highest BCUT2D eigenvalue weighted by molar-refractivity contribution is 6.28. The van der Waals surface area contributed by atoms with Gasteiger partial charge in [0.05, 0.1) is 25.6 Å². The van der Waals surface area contributed by atoms with E-state index in [2.05, 4.69) is 21.5 Å². The first-order valence-electron chi connectivity index (χ1n) is 9.00. The SMILES string of the molecule is C=C1[C@H](COCc2ccccc2)[C@@H]([Si-]O)C[C@@H]1n1cnc2c(=O)[nH]c(N)nc21. The Morgan fingerprint density at radius 3 is 2.93 bits per heavy atom. The third kappa shape index (κ3) is 3.39. The molecule has 28 heavy (non-hydrogen) atoms. The zero-order valence-electron chi connectivity index (χ0n) is 15.2. The fourth-order valence-electron chi connectivity index (χ4n) is 3.77. The summed E-state index contributed by atoms with van der Waals surface area (Å²) in [6.45, 7) is 5.26. The number of hydrogen-bond donors (Lipinski definition) is 3. The van der Waals surface area contributed by atoms with Crippen LogP contribution in [0.25, 0.3) is 11.2 Å². The van der Waals surface area contributed by atoms with Gasteiger partial charge < -0.3 is 19.8 Å². The molecule has 8 nitrogen and oxygen atoms in total. The average Bonchev–Trinajstić information content (AvgIpc) is 3.24. The Kier molecular flexibility index (Phi) is 5.12. The van der Waals surface area contributed by atoms with Gasteiger partial charge in [0.2, 0.25) is 5.95 Å². The molecule has 0 amide bonds. The van der Waals surface area contributed by atoms with Crippen LogP contribution < -0.4 is 11.3 Å². The summed E-state index contributed by atoms with van der Waals surface area (Å²) in [7, 11) is -0.219. The summed E-state index contributed by atoms with van der Waals surface area (Å²) in [6.07, 6.45) is 2.28. The molecule has 1 aliphatic carbocycles. The molecule has 1 fully saturated rings. The lowest BCUT2D eigenvalue weighted by Crippen LogP contribution is -2.17. The molecule has 2 heterocycles. The number of imidazole rings is 1. The molecule has 1 aromatic carbocycles. The largest absolute Gasteiger partial charge is 0.634 e. The van der Waals surface area contributed by atoms with Crippen molar-refractivity contribution in [1.82, 2.24) is 19.5 Å². The zero-order chi connectivity index (χ0) is 19.7. The number of ether oxygens (including phenoxy) is 1. The minimum absolute atomic E-state index is 0.0221. The van der Waals surface area contributed by atoms with Gasteiger partial charge in [-0.25, -0.2) is 4.98 Å². The molecule has 0 unspecified atom stereocenters. The third-order valence-electron chi connectivity index (χ3n) is 5.23. The predicted molar refractivity (Wildman–Crippen MR) is 107 cm³/mol. The normalized spacial score (nSPS) is 22.2. The summed E-state index contributed by atoms with van der Waals surface area (Å²) in [6, 6.07) is 9.84. The number of anilines is 1. The lowest BCUT2D eigenvalue weighted by molar-refractivity contribution is 0.0974. The van der Waals surface area contributed by atoms with E-state index >= 15 is 0 Å². The van der Waals surface area contributed by atoms with Crippen molar-refractivity contribution in [3.63, 3.8) is 0 Å². The van der Waals surface area contributed by atoms with E-state index in [-0.39, 0.29) is 44.3 Å². The number of nitrogens with zero attached hydrogens (tertiary/aromatic N) is 3. The molecule has 0 spiro atoms. The molecular weight excluding hydrogens is 374 g/mol. The summed E-state index contributed by atoms with van der Waals surface area (Å²) >= 11 is 0. The lowest BCUT2D eigenvalue weighted by atomic mass is 10.0. The molecule has 0 aliphatic heterocycles. The Morgan fingerprint density at radius 2 is 2.18 bits per heavy atom. The van der Waals surface area contributed by atoms with E-state index in [4.69, 9.17) is 10.5 Å². The second kappa shape index (κ2) is 7.70. The van der Waals surface area contributed by atoms with Crippen LogP contribution in [0.4, 0.5) is 5.95 Å². The number of hydrogen-bond acceptors (Lipinski definition) is 6. The van der Waals surface area contributed by atoms with Crippen LogP contribution in [0.2, 0.25) is 5.54 Å². The minimum Gasteiger partial charge on any atom is -0.634 e. The summed E-state index contributed by atoms with van der Waals surface area (Å²) in [5.74, 6) is 0.0695. The van der Waals surface area contributed by atoms with Crippen molar-refractivity contribution in [3.8, 4) is 0 Å². The first kappa shape index (κ1) is 18.6. The monoisotopic (exact) mass is 395 g/mol. The van der Waals surface area contributed by atoms with Crippen LogP contribution in [-0.2, 0) is 11.3 Å². The number of nitrogens with one attached hydrogen (secondary N) is 1. The van der Waals surface area contributed by atoms with Gasteiger partial charge in [-0.2, -0.15) is 10.5 Å².